The second-order valence-corrected chi connectivity index (χ2v) is 0. The van der Waals surface area contributed by atoms with Gasteiger partial charge in [-0.05, 0) is 0 Å². The Morgan fingerprint density at radius 3 is 1.00 bits per heavy atom. The van der Waals surface area contributed by atoms with E-state index in [9.17, 15) is 0 Å². The minimum absolute atomic E-state index is 0. The van der Waals surface area contributed by atoms with Gasteiger partial charge in [-0.1, -0.05) is 0 Å². The van der Waals surface area contributed by atoms with Gasteiger partial charge >= 0.3 is 0 Å². The second kappa shape index (κ2) is 20.6. The maximum atomic E-state index is 0. The van der Waals surface area contributed by atoms with Crippen LogP contribution >= 0.6 is 23.4 Å². The van der Waals surface area contributed by atoms with E-state index in [1.165, 1.54) is 0 Å². The number of hydrogen-bond acceptors (Lipinski definition) is 0. The van der Waals surface area contributed by atoms with Gasteiger partial charge in [-0.2, -0.15) is 0 Å². The van der Waals surface area contributed by atoms with Crippen LogP contribution in [0.3, 0.4) is 0 Å². The standard InChI is InChI=1S/Cr.Li.P.S. The molecule has 0 atom stereocenters. The van der Waals surface area contributed by atoms with Gasteiger partial charge < -0.3 is 0 Å². The van der Waals surface area contributed by atoms with Crippen molar-refractivity contribution < 1.29 is 17.4 Å². The van der Waals surface area contributed by atoms with Crippen molar-refractivity contribution in [2.45, 2.75) is 0 Å². The summed E-state index contributed by atoms with van der Waals surface area (Å²) in [6, 6.07) is 0. The fraction of sp³-hybridized carbons (Fsp3) is 0. The van der Waals surface area contributed by atoms with Crippen LogP contribution in [0.2, 0.25) is 0 Å². The Kier molecular flexibility index (Phi) is 201. The molecule has 4 heavy (non-hydrogen) atoms. The molecule has 0 N–H and O–H groups in total. The predicted molar refractivity (Wildman–Crippen MR) is 20.3 cm³/mol. The van der Waals surface area contributed by atoms with E-state index >= 15 is 0 Å². The third-order valence-electron chi connectivity index (χ3n) is 0. The number of rotatable bonds is 0. The zero-order chi connectivity index (χ0) is 0. The van der Waals surface area contributed by atoms with Crippen molar-refractivity contribution >= 4 is 42.3 Å². The van der Waals surface area contributed by atoms with Gasteiger partial charge in [0, 0.05) is 59.6 Å². The molecule has 0 rings (SSSR count). The Bertz CT molecular complexity index is 8.00. The molecule has 0 aromatic rings. The maximum Gasteiger partial charge on any atom is 0 e. The van der Waals surface area contributed by atoms with Crippen molar-refractivity contribution in [3.8, 4) is 0 Å². The van der Waals surface area contributed by atoms with Crippen molar-refractivity contribution in [2.24, 2.45) is 0 Å². The molecule has 0 aliphatic rings. The minimum Gasteiger partial charge on any atom is 0 e. The van der Waals surface area contributed by atoms with Crippen molar-refractivity contribution in [3.05, 3.63) is 0 Å². The predicted octanol–water partition coefficient (Wildman–Crippen LogP) is 1.13. The Hall–Kier alpha value is 1.91. The molecule has 0 heterocycles. The Morgan fingerprint density at radius 1 is 1.00 bits per heavy atom. The van der Waals surface area contributed by atoms with Crippen LogP contribution in [-0.4, -0.2) is 18.9 Å². The smallest absolute Gasteiger partial charge is 0 e. The van der Waals surface area contributed by atoms with Gasteiger partial charge in [0.05, 0.1) is 0 Å². The summed E-state index contributed by atoms with van der Waals surface area (Å²) in [5, 5.41) is 0. The van der Waals surface area contributed by atoms with Gasteiger partial charge in [-0.25, -0.2) is 0 Å². The third kappa shape index (κ3) is 9.08. The normalized spacial score (nSPS) is 0. The fourth-order valence-electron chi connectivity index (χ4n) is 0. The van der Waals surface area contributed by atoms with Crippen molar-refractivity contribution in [2.75, 3.05) is 0 Å². The fourth-order valence-corrected chi connectivity index (χ4v) is 0. The summed E-state index contributed by atoms with van der Waals surface area (Å²) in [5.74, 6) is 0. The molecule has 18 valence electrons. The van der Waals surface area contributed by atoms with E-state index in [0.29, 0.717) is 0 Å². The van der Waals surface area contributed by atoms with Crippen LogP contribution in [0.5, 0.6) is 0 Å². The van der Waals surface area contributed by atoms with Crippen molar-refractivity contribution in [1.82, 2.24) is 0 Å². The molecule has 4 heteroatoms. The van der Waals surface area contributed by atoms with E-state index in [2.05, 4.69) is 0 Å². The van der Waals surface area contributed by atoms with E-state index in [1.54, 1.807) is 0 Å². The second-order valence-electron chi connectivity index (χ2n) is 0. The molecule has 0 fully saturated rings. The molecule has 0 spiro atoms. The molecule has 0 amide bonds. The van der Waals surface area contributed by atoms with Gasteiger partial charge in [-0.3, -0.25) is 0 Å². The molecular weight excluding hydrogens is 122 g/mol. The first-order valence-corrected chi connectivity index (χ1v) is 0. The molecule has 0 aromatic carbocycles. The average Bonchev–Trinajstić information content (AvgIpc) is 0. The van der Waals surface area contributed by atoms with E-state index in [1.807, 2.05) is 0 Å². The summed E-state index contributed by atoms with van der Waals surface area (Å²) in [7, 11) is 0. The molecule has 0 nitrogen and oxygen atoms in total. The van der Waals surface area contributed by atoms with Crippen LogP contribution in [0.25, 0.3) is 0 Å². The minimum atomic E-state index is 0. The summed E-state index contributed by atoms with van der Waals surface area (Å²) in [6.45, 7) is 0. The first-order chi connectivity index (χ1) is 0. The Balaban J connectivity index is 0. The molecule has 0 aromatic heterocycles. The Labute approximate surface area is 59.5 Å². The topological polar surface area (TPSA) is 0 Å². The molecule has 0 saturated heterocycles. The van der Waals surface area contributed by atoms with Crippen LogP contribution in [-0.2, 0) is 17.4 Å². The van der Waals surface area contributed by atoms with Crippen LogP contribution in [0, 0.1) is 0 Å². The number of hydrogen-bond donors (Lipinski definition) is 0. The molecule has 0 aliphatic carbocycles. The largest absolute Gasteiger partial charge is 0 e. The van der Waals surface area contributed by atoms with Gasteiger partial charge in [0.2, 0.25) is 0 Å². The molecular formula is CrLiPS. The summed E-state index contributed by atoms with van der Waals surface area (Å²) in [4.78, 5) is 0. The zero-order valence-corrected chi connectivity index (χ0v) is 5.25. The van der Waals surface area contributed by atoms with Crippen molar-refractivity contribution in [3.63, 3.8) is 0 Å². The van der Waals surface area contributed by atoms with E-state index in [-0.39, 0.29) is 59.6 Å². The SMILES string of the molecule is [Cr].[Li].[P].[S]. The van der Waals surface area contributed by atoms with Gasteiger partial charge in [0.15, 0.2) is 0 Å². The summed E-state index contributed by atoms with van der Waals surface area (Å²) < 4.78 is 0. The molecule has 0 bridgehead atoms. The van der Waals surface area contributed by atoms with Crippen LogP contribution < -0.4 is 0 Å². The summed E-state index contributed by atoms with van der Waals surface area (Å²) >= 11 is 0. The third-order valence-corrected chi connectivity index (χ3v) is 0. The van der Waals surface area contributed by atoms with Crippen molar-refractivity contribution in [1.29, 1.82) is 0 Å². The first-order valence-electron chi connectivity index (χ1n) is 0. The van der Waals surface area contributed by atoms with E-state index < -0.39 is 0 Å². The maximum absolute atomic E-state index is 0. The van der Waals surface area contributed by atoms with Crippen LogP contribution in [0.15, 0.2) is 0 Å². The first kappa shape index (κ1) is 39.1. The van der Waals surface area contributed by atoms with Crippen LogP contribution in [0.4, 0.5) is 0 Å². The van der Waals surface area contributed by atoms with Gasteiger partial charge in [-0.15, -0.1) is 0 Å². The molecule has 0 saturated carbocycles. The monoisotopic (exact) mass is 122 g/mol. The Morgan fingerprint density at radius 2 is 1.00 bits per heavy atom. The zero-order valence-electron chi connectivity index (χ0n) is 2.26. The molecule has 0 unspecified atom stereocenters. The quantitative estimate of drug-likeness (QED) is 0.333. The molecule has 6 radical (unpaired) electrons. The summed E-state index contributed by atoms with van der Waals surface area (Å²) in [6.07, 6.45) is 0. The summed E-state index contributed by atoms with van der Waals surface area (Å²) in [5.41, 5.74) is 0. The van der Waals surface area contributed by atoms with Crippen LogP contribution in [0.1, 0.15) is 0 Å². The van der Waals surface area contributed by atoms with Gasteiger partial charge in [0.25, 0.3) is 0 Å². The van der Waals surface area contributed by atoms with E-state index in [4.69, 9.17) is 0 Å². The van der Waals surface area contributed by atoms with E-state index in [0.717, 1.165) is 0 Å². The average molecular weight is 122 g/mol. The molecule has 0 aliphatic heterocycles. The van der Waals surface area contributed by atoms with Gasteiger partial charge in [0.1, 0.15) is 0 Å².